The number of halogens is 2. The van der Waals surface area contributed by atoms with Crippen LogP contribution in [-0.4, -0.2) is 24.5 Å². The second kappa shape index (κ2) is 9.19. The Kier molecular flexibility index (Phi) is 6.45. The van der Waals surface area contributed by atoms with Gasteiger partial charge in [-0.2, -0.15) is 0 Å². The second-order valence-corrected chi connectivity index (χ2v) is 6.41. The van der Waals surface area contributed by atoms with E-state index in [4.69, 9.17) is 16.3 Å². The third-order valence-corrected chi connectivity index (χ3v) is 4.38. The predicted molar refractivity (Wildman–Crippen MR) is 109 cm³/mol. The van der Waals surface area contributed by atoms with Gasteiger partial charge in [-0.15, -0.1) is 0 Å². The van der Waals surface area contributed by atoms with Gasteiger partial charge < -0.3 is 15.4 Å². The van der Waals surface area contributed by atoms with Crippen molar-refractivity contribution in [3.8, 4) is 5.75 Å². The molecule has 0 aliphatic carbocycles. The molecule has 0 atom stereocenters. The van der Waals surface area contributed by atoms with Crippen LogP contribution in [0.25, 0.3) is 0 Å². The fourth-order valence-corrected chi connectivity index (χ4v) is 2.86. The fourth-order valence-electron chi connectivity index (χ4n) is 2.68. The van der Waals surface area contributed by atoms with Crippen LogP contribution in [0.5, 0.6) is 5.75 Å². The lowest BCUT2D eigenvalue weighted by molar-refractivity contribution is 0.102. The molecule has 3 aromatic rings. The minimum atomic E-state index is -0.537. The highest BCUT2D eigenvalue weighted by Crippen LogP contribution is 2.20. The van der Waals surface area contributed by atoms with Gasteiger partial charge in [0.25, 0.3) is 5.91 Å². The zero-order chi connectivity index (χ0) is 19.9. The number of para-hydroxylation sites is 1. The molecule has 5 nitrogen and oxygen atoms in total. The summed E-state index contributed by atoms with van der Waals surface area (Å²) in [5, 5.41) is 5.84. The van der Waals surface area contributed by atoms with Crippen LogP contribution in [0.1, 0.15) is 15.9 Å². The molecule has 0 aliphatic heterocycles. The van der Waals surface area contributed by atoms with Crippen molar-refractivity contribution in [2.24, 2.45) is 0 Å². The number of benzene rings is 2. The van der Waals surface area contributed by atoms with Gasteiger partial charge in [-0.3, -0.25) is 4.79 Å². The van der Waals surface area contributed by atoms with Crippen molar-refractivity contribution < 1.29 is 13.9 Å². The van der Waals surface area contributed by atoms with Gasteiger partial charge in [0.2, 0.25) is 0 Å². The number of carbonyl (C=O) groups is 1. The molecule has 0 bridgehead atoms. The van der Waals surface area contributed by atoms with Gasteiger partial charge in [-0.25, -0.2) is 9.37 Å². The second-order valence-electron chi connectivity index (χ2n) is 6.00. The monoisotopic (exact) mass is 399 g/mol. The van der Waals surface area contributed by atoms with Crippen molar-refractivity contribution >= 4 is 29.0 Å². The van der Waals surface area contributed by atoms with E-state index in [1.807, 2.05) is 24.3 Å². The number of aromatic nitrogens is 1. The molecule has 0 aliphatic rings. The summed E-state index contributed by atoms with van der Waals surface area (Å²) in [5.74, 6) is 0.547. The van der Waals surface area contributed by atoms with E-state index in [1.165, 1.54) is 18.2 Å². The molecule has 7 heteroatoms. The Morgan fingerprint density at radius 2 is 2.00 bits per heavy atom. The lowest BCUT2D eigenvalue weighted by atomic mass is 10.1. The highest BCUT2D eigenvalue weighted by atomic mass is 35.5. The van der Waals surface area contributed by atoms with Crippen molar-refractivity contribution in [1.82, 2.24) is 4.98 Å². The minimum absolute atomic E-state index is 0.0498. The first-order valence-electron chi connectivity index (χ1n) is 8.65. The van der Waals surface area contributed by atoms with Crippen LogP contribution in [-0.2, 0) is 6.42 Å². The first-order chi connectivity index (χ1) is 13.6. The molecular weight excluding hydrogens is 381 g/mol. The molecule has 2 aromatic carbocycles. The smallest absolute Gasteiger partial charge is 0.255 e. The Balaban J connectivity index is 1.61. The Bertz CT molecular complexity index is 981. The van der Waals surface area contributed by atoms with Crippen LogP contribution >= 0.6 is 11.6 Å². The summed E-state index contributed by atoms with van der Waals surface area (Å²) in [6, 6.07) is 15.1. The van der Waals surface area contributed by atoms with Crippen LogP contribution in [0, 0.1) is 5.82 Å². The van der Waals surface area contributed by atoms with Crippen LogP contribution < -0.4 is 15.4 Å². The van der Waals surface area contributed by atoms with Crippen molar-refractivity contribution in [1.29, 1.82) is 0 Å². The molecule has 1 heterocycles. The van der Waals surface area contributed by atoms with Crippen molar-refractivity contribution in [2.75, 3.05) is 24.3 Å². The SMILES string of the molecule is COc1ccccc1CCNc1cc(C(=O)Nc2ccc(F)c(Cl)c2)ccn1. The van der Waals surface area contributed by atoms with Crippen molar-refractivity contribution in [3.05, 3.63) is 82.8 Å². The number of carbonyl (C=O) groups excluding carboxylic acids is 1. The molecule has 0 saturated heterocycles. The highest BCUT2D eigenvalue weighted by molar-refractivity contribution is 6.31. The van der Waals surface area contributed by atoms with Crippen LogP contribution in [0.2, 0.25) is 5.02 Å². The summed E-state index contributed by atoms with van der Waals surface area (Å²) in [7, 11) is 1.64. The van der Waals surface area contributed by atoms with E-state index in [0.29, 0.717) is 23.6 Å². The van der Waals surface area contributed by atoms with E-state index >= 15 is 0 Å². The van der Waals surface area contributed by atoms with Crippen LogP contribution in [0.4, 0.5) is 15.9 Å². The van der Waals surface area contributed by atoms with Gasteiger partial charge in [0.15, 0.2) is 0 Å². The molecule has 1 aromatic heterocycles. The van der Waals surface area contributed by atoms with E-state index in [-0.39, 0.29) is 10.9 Å². The van der Waals surface area contributed by atoms with Crippen LogP contribution in [0.15, 0.2) is 60.8 Å². The lowest BCUT2D eigenvalue weighted by Crippen LogP contribution is -2.13. The Morgan fingerprint density at radius 1 is 1.18 bits per heavy atom. The average molecular weight is 400 g/mol. The zero-order valence-electron chi connectivity index (χ0n) is 15.2. The molecule has 0 saturated carbocycles. The topological polar surface area (TPSA) is 63.2 Å². The summed E-state index contributed by atoms with van der Waals surface area (Å²) < 4.78 is 18.6. The van der Waals surface area contributed by atoms with Gasteiger partial charge in [0.05, 0.1) is 12.1 Å². The standard InChI is InChI=1S/C21H19ClFN3O2/c1-28-19-5-3-2-4-14(19)8-10-24-20-12-15(9-11-25-20)21(27)26-16-6-7-18(23)17(22)13-16/h2-7,9,11-13H,8,10H2,1H3,(H,24,25)(H,26,27). The maximum atomic E-state index is 13.2. The van der Waals surface area contributed by atoms with E-state index in [0.717, 1.165) is 17.7 Å². The summed E-state index contributed by atoms with van der Waals surface area (Å²) in [5.41, 5.74) is 1.92. The Morgan fingerprint density at radius 3 is 2.79 bits per heavy atom. The summed E-state index contributed by atoms with van der Waals surface area (Å²) in [6.45, 7) is 0.631. The van der Waals surface area contributed by atoms with Crippen molar-refractivity contribution in [2.45, 2.75) is 6.42 Å². The summed E-state index contributed by atoms with van der Waals surface area (Å²) in [6.07, 6.45) is 2.30. The van der Waals surface area contributed by atoms with E-state index in [1.54, 1.807) is 25.4 Å². The number of nitrogens with zero attached hydrogens (tertiary/aromatic N) is 1. The number of amides is 1. The van der Waals surface area contributed by atoms with E-state index < -0.39 is 5.82 Å². The van der Waals surface area contributed by atoms with Crippen LogP contribution in [0.3, 0.4) is 0 Å². The first-order valence-corrected chi connectivity index (χ1v) is 9.03. The van der Waals surface area contributed by atoms with Gasteiger partial charge in [0, 0.05) is 24.0 Å². The maximum Gasteiger partial charge on any atom is 0.255 e. The normalized spacial score (nSPS) is 10.4. The molecule has 144 valence electrons. The molecular formula is C21H19ClFN3O2. The van der Waals surface area contributed by atoms with Crippen molar-refractivity contribution in [3.63, 3.8) is 0 Å². The molecule has 0 spiro atoms. The molecule has 2 N–H and O–H groups in total. The van der Waals surface area contributed by atoms with Gasteiger partial charge >= 0.3 is 0 Å². The number of nitrogens with one attached hydrogen (secondary N) is 2. The van der Waals surface area contributed by atoms with Gasteiger partial charge in [-0.1, -0.05) is 29.8 Å². The Hall–Kier alpha value is -3.12. The number of rotatable bonds is 7. The van der Waals surface area contributed by atoms with E-state index in [9.17, 15) is 9.18 Å². The lowest BCUT2D eigenvalue weighted by Gasteiger charge is -2.10. The van der Waals surface area contributed by atoms with Gasteiger partial charge in [-0.05, 0) is 48.4 Å². The van der Waals surface area contributed by atoms with E-state index in [2.05, 4.69) is 15.6 Å². The zero-order valence-corrected chi connectivity index (χ0v) is 16.0. The number of ether oxygens (including phenoxy) is 1. The highest BCUT2D eigenvalue weighted by Gasteiger charge is 2.09. The number of pyridine rings is 1. The number of hydrogen-bond donors (Lipinski definition) is 2. The van der Waals surface area contributed by atoms with Gasteiger partial charge in [0.1, 0.15) is 17.4 Å². The third kappa shape index (κ3) is 4.98. The minimum Gasteiger partial charge on any atom is -0.496 e. The quantitative estimate of drug-likeness (QED) is 0.599. The number of hydrogen-bond acceptors (Lipinski definition) is 4. The fraction of sp³-hybridized carbons (Fsp3) is 0.143. The largest absolute Gasteiger partial charge is 0.496 e. The predicted octanol–water partition coefficient (Wildman–Crippen LogP) is 4.79. The number of methoxy groups -OCH3 is 1. The number of anilines is 2. The molecule has 1 amide bonds. The summed E-state index contributed by atoms with van der Waals surface area (Å²) >= 11 is 5.74. The average Bonchev–Trinajstić information content (AvgIpc) is 2.71. The Labute approximate surface area is 167 Å². The molecule has 28 heavy (non-hydrogen) atoms. The first kappa shape index (κ1) is 19.6. The molecule has 0 radical (unpaired) electrons. The maximum absolute atomic E-state index is 13.2. The summed E-state index contributed by atoms with van der Waals surface area (Å²) in [4.78, 5) is 16.7. The third-order valence-electron chi connectivity index (χ3n) is 4.09. The molecule has 0 unspecified atom stereocenters. The molecule has 3 rings (SSSR count). The molecule has 0 fully saturated rings.